The van der Waals surface area contributed by atoms with Gasteiger partial charge in [0.05, 0.1) is 13.3 Å². The van der Waals surface area contributed by atoms with Crippen molar-refractivity contribution < 1.29 is 13.9 Å². The molecule has 0 fully saturated rings. The van der Waals surface area contributed by atoms with Gasteiger partial charge in [0.1, 0.15) is 0 Å². The second-order valence-electron chi connectivity index (χ2n) is 1.53. The summed E-state index contributed by atoms with van der Waals surface area (Å²) in [7, 11) is 1.27. The van der Waals surface area contributed by atoms with Gasteiger partial charge >= 0.3 is 5.97 Å². The largest absolute Gasteiger partial charge is 0.463 e. The molecule has 0 bridgehead atoms. The maximum absolute atomic E-state index is 10.6. The lowest BCUT2D eigenvalue weighted by molar-refractivity contribution is 0.0564. The third-order valence-electron chi connectivity index (χ3n) is 0.910. The Hall–Kier alpha value is -1.10. The summed E-state index contributed by atoms with van der Waals surface area (Å²) in [6, 6.07) is 0. The summed E-state index contributed by atoms with van der Waals surface area (Å²) in [4.78, 5) is 13.3. The summed E-state index contributed by atoms with van der Waals surface area (Å²) in [6.45, 7) is 0. The number of rotatable bonds is 1. The topological polar surface area (TPSA) is 55.2 Å². The van der Waals surface area contributed by atoms with E-state index in [0.29, 0.717) is 0 Å². The number of hydrogen-bond donors (Lipinski definition) is 1. The molecular formula is C5H5NO3S. The van der Waals surface area contributed by atoms with Gasteiger partial charge < -0.3 is 14.1 Å². The minimum Gasteiger partial charge on any atom is -0.463 e. The Balaban J connectivity index is 2.95. The number of hydrogen-bond acceptors (Lipinski definition) is 4. The first-order chi connectivity index (χ1) is 4.74. The lowest BCUT2D eigenvalue weighted by Gasteiger charge is -1.88. The number of methoxy groups -OCH3 is 1. The molecule has 1 heterocycles. The molecule has 0 amide bonds. The van der Waals surface area contributed by atoms with Crippen LogP contribution in [-0.2, 0) is 4.74 Å². The van der Waals surface area contributed by atoms with E-state index in [9.17, 15) is 4.79 Å². The Bertz CT molecular complexity index is 287. The van der Waals surface area contributed by atoms with E-state index in [2.05, 4.69) is 21.9 Å². The average molecular weight is 159 g/mol. The van der Waals surface area contributed by atoms with Crippen molar-refractivity contribution in [3.8, 4) is 0 Å². The summed E-state index contributed by atoms with van der Waals surface area (Å²) in [5.41, 5.74) is 0. The number of esters is 1. The zero-order valence-electron chi connectivity index (χ0n) is 5.21. The predicted molar refractivity (Wildman–Crippen MR) is 35.2 cm³/mol. The van der Waals surface area contributed by atoms with E-state index in [1.807, 2.05) is 0 Å². The first-order valence-electron chi connectivity index (χ1n) is 2.51. The molecule has 0 saturated heterocycles. The molecule has 10 heavy (non-hydrogen) atoms. The summed E-state index contributed by atoms with van der Waals surface area (Å²) in [6.07, 6.45) is 1.36. The lowest BCUT2D eigenvalue weighted by Crippen LogP contribution is -1.98. The Labute approximate surface area is 61.8 Å². The number of aromatic amines is 1. The number of carbonyl (C=O) groups excluding carboxylic acids is 1. The quantitative estimate of drug-likeness (QED) is 0.493. The Morgan fingerprint density at radius 2 is 2.60 bits per heavy atom. The van der Waals surface area contributed by atoms with Crippen LogP contribution in [0, 0.1) is 4.84 Å². The van der Waals surface area contributed by atoms with E-state index in [0.717, 1.165) is 0 Å². The monoisotopic (exact) mass is 159 g/mol. The van der Waals surface area contributed by atoms with Crippen LogP contribution in [0.2, 0.25) is 0 Å². The molecule has 5 heteroatoms. The highest BCUT2D eigenvalue weighted by molar-refractivity contribution is 7.71. The smallest absolute Gasteiger partial charge is 0.375 e. The van der Waals surface area contributed by atoms with E-state index >= 15 is 0 Å². The highest BCUT2D eigenvalue weighted by Crippen LogP contribution is 1.99. The molecule has 0 radical (unpaired) electrons. The van der Waals surface area contributed by atoms with Crippen molar-refractivity contribution in [1.82, 2.24) is 4.98 Å². The molecule has 0 aliphatic rings. The number of H-pyrrole nitrogens is 1. The molecule has 1 aromatic heterocycles. The molecule has 0 aromatic carbocycles. The van der Waals surface area contributed by atoms with E-state index < -0.39 is 5.97 Å². The standard InChI is InChI=1S/C5H5NO3S/c1-8-4(7)3-2-6-5(10)9-3/h2H,1H3,(H,6,10). The number of aromatic nitrogens is 1. The molecule has 54 valence electrons. The highest BCUT2D eigenvalue weighted by Gasteiger charge is 2.07. The molecule has 0 atom stereocenters. The molecular weight excluding hydrogens is 154 g/mol. The van der Waals surface area contributed by atoms with Crippen molar-refractivity contribution >= 4 is 18.2 Å². The van der Waals surface area contributed by atoms with Crippen molar-refractivity contribution in [3.63, 3.8) is 0 Å². The fourth-order valence-electron chi connectivity index (χ4n) is 0.484. The van der Waals surface area contributed by atoms with E-state index in [-0.39, 0.29) is 10.6 Å². The van der Waals surface area contributed by atoms with Crippen LogP contribution in [0.15, 0.2) is 10.6 Å². The van der Waals surface area contributed by atoms with Crippen LogP contribution in [0.3, 0.4) is 0 Å². The van der Waals surface area contributed by atoms with Gasteiger partial charge in [0.15, 0.2) is 0 Å². The van der Waals surface area contributed by atoms with Crippen molar-refractivity contribution in [1.29, 1.82) is 0 Å². The number of nitrogens with one attached hydrogen (secondary N) is 1. The molecule has 0 unspecified atom stereocenters. The Morgan fingerprint density at radius 3 is 3.00 bits per heavy atom. The molecule has 0 aliphatic heterocycles. The van der Waals surface area contributed by atoms with Crippen LogP contribution in [0.4, 0.5) is 0 Å². The molecule has 1 N–H and O–H groups in total. The summed E-state index contributed by atoms with van der Waals surface area (Å²) in [5, 5.41) is 0. The van der Waals surface area contributed by atoms with E-state index in [4.69, 9.17) is 4.42 Å². The first-order valence-corrected chi connectivity index (χ1v) is 2.91. The molecule has 4 nitrogen and oxygen atoms in total. The van der Waals surface area contributed by atoms with Crippen molar-refractivity contribution in [2.24, 2.45) is 0 Å². The lowest BCUT2D eigenvalue weighted by atomic mass is 10.5. The van der Waals surface area contributed by atoms with Crippen LogP contribution in [0.25, 0.3) is 0 Å². The molecule has 1 rings (SSSR count). The maximum atomic E-state index is 10.6. The van der Waals surface area contributed by atoms with Gasteiger partial charge in [-0.2, -0.15) is 0 Å². The van der Waals surface area contributed by atoms with Gasteiger partial charge in [-0.15, -0.1) is 0 Å². The van der Waals surface area contributed by atoms with Crippen molar-refractivity contribution in [2.75, 3.05) is 7.11 Å². The van der Waals surface area contributed by atoms with E-state index in [1.165, 1.54) is 13.3 Å². The number of carbonyl (C=O) groups is 1. The van der Waals surface area contributed by atoms with Gasteiger partial charge in [-0.05, 0) is 12.2 Å². The number of ether oxygens (including phenoxy) is 1. The number of oxazole rings is 1. The van der Waals surface area contributed by atoms with Gasteiger partial charge in [-0.25, -0.2) is 4.79 Å². The van der Waals surface area contributed by atoms with Crippen molar-refractivity contribution in [3.05, 3.63) is 16.8 Å². The highest BCUT2D eigenvalue weighted by atomic mass is 32.1. The van der Waals surface area contributed by atoms with Crippen LogP contribution in [0.5, 0.6) is 0 Å². The SMILES string of the molecule is COC(=O)c1c[nH]c(=S)o1. The minimum absolute atomic E-state index is 0.0903. The first kappa shape index (κ1) is 7.01. The van der Waals surface area contributed by atoms with Gasteiger partial charge in [0, 0.05) is 0 Å². The van der Waals surface area contributed by atoms with Gasteiger partial charge in [-0.3, -0.25) is 0 Å². The van der Waals surface area contributed by atoms with Gasteiger partial charge in [-0.1, -0.05) is 0 Å². The Kier molecular flexibility index (Phi) is 1.86. The Morgan fingerprint density at radius 1 is 1.90 bits per heavy atom. The van der Waals surface area contributed by atoms with E-state index in [1.54, 1.807) is 0 Å². The predicted octanol–water partition coefficient (Wildman–Crippen LogP) is 1.12. The van der Waals surface area contributed by atoms with Crippen LogP contribution >= 0.6 is 12.2 Å². The van der Waals surface area contributed by atoms with Crippen molar-refractivity contribution in [2.45, 2.75) is 0 Å². The summed E-state index contributed by atoms with van der Waals surface area (Å²) in [5.74, 6) is -0.445. The average Bonchev–Trinajstić information content (AvgIpc) is 2.34. The molecule has 0 saturated carbocycles. The van der Waals surface area contributed by atoms with Crippen LogP contribution in [-0.4, -0.2) is 18.1 Å². The summed E-state index contributed by atoms with van der Waals surface area (Å²) < 4.78 is 9.07. The summed E-state index contributed by atoms with van der Waals surface area (Å²) >= 11 is 4.57. The van der Waals surface area contributed by atoms with Gasteiger partial charge in [0.25, 0.3) is 4.84 Å². The van der Waals surface area contributed by atoms with Crippen LogP contribution in [0.1, 0.15) is 10.6 Å². The zero-order chi connectivity index (χ0) is 7.56. The third kappa shape index (κ3) is 1.24. The third-order valence-corrected chi connectivity index (χ3v) is 1.11. The minimum atomic E-state index is -0.535. The normalized spacial score (nSPS) is 9.30. The van der Waals surface area contributed by atoms with Gasteiger partial charge in [0.2, 0.25) is 5.76 Å². The molecule has 0 aliphatic carbocycles. The second kappa shape index (κ2) is 2.66. The fourth-order valence-corrected chi connectivity index (χ4v) is 0.633. The zero-order valence-corrected chi connectivity index (χ0v) is 6.03. The fraction of sp³-hybridized carbons (Fsp3) is 0.200. The maximum Gasteiger partial charge on any atom is 0.375 e. The van der Waals surface area contributed by atoms with Crippen LogP contribution < -0.4 is 0 Å². The second-order valence-corrected chi connectivity index (χ2v) is 1.90. The molecule has 1 aromatic rings. The molecule has 0 spiro atoms.